The smallest absolute Gasteiger partial charge is 0.263 e. The summed E-state index contributed by atoms with van der Waals surface area (Å²) in [5.74, 6) is -1.08. The largest absolute Gasteiger partial charge is 0.484 e. The van der Waals surface area contributed by atoms with Gasteiger partial charge in [0.1, 0.15) is 11.3 Å². The quantitative estimate of drug-likeness (QED) is 0.370. The SMILES string of the molecule is O=C(COc1ccc(C=C2C(=O)NC(=S)NC2=O)cc1)Nc1ccc(Cl)c(Cl)c1. The lowest BCUT2D eigenvalue weighted by Gasteiger charge is -2.16. The lowest BCUT2D eigenvalue weighted by atomic mass is 10.1. The van der Waals surface area contributed by atoms with Crippen molar-refractivity contribution < 1.29 is 19.1 Å². The Morgan fingerprint density at radius 3 is 2.31 bits per heavy atom. The van der Waals surface area contributed by atoms with Crippen LogP contribution >= 0.6 is 35.4 Å². The molecule has 0 unspecified atom stereocenters. The molecule has 0 atom stereocenters. The lowest BCUT2D eigenvalue weighted by molar-refractivity contribution is -0.123. The molecule has 10 heteroatoms. The molecule has 0 bridgehead atoms. The van der Waals surface area contributed by atoms with Gasteiger partial charge in [-0.1, -0.05) is 35.3 Å². The summed E-state index contributed by atoms with van der Waals surface area (Å²) in [6.45, 7) is -0.219. The number of amides is 3. The van der Waals surface area contributed by atoms with Gasteiger partial charge in [-0.25, -0.2) is 0 Å². The Bertz CT molecular complexity index is 1020. The highest BCUT2D eigenvalue weighted by Crippen LogP contribution is 2.25. The molecule has 0 aliphatic carbocycles. The number of benzene rings is 2. The normalized spacial score (nSPS) is 13.4. The molecular weight excluding hydrogens is 437 g/mol. The Balaban J connectivity index is 1.57. The fraction of sp³-hybridized carbons (Fsp3) is 0.0526. The first-order valence-corrected chi connectivity index (χ1v) is 9.34. The number of hydrogen-bond acceptors (Lipinski definition) is 5. The summed E-state index contributed by atoms with van der Waals surface area (Å²) in [7, 11) is 0. The molecule has 0 aromatic heterocycles. The van der Waals surface area contributed by atoms with E-state index in [4.69, 9.17) is 40.2 Å². The number of anilines is 1. The molecule has 1 fully saturated rings. The summed E-state index contributed by atoms with van der Waals surface area (Å²) in [5.41, 5.74) is 1.04. The summed E-state index contributed by atoms with van der Waals surface area (Å²) in [4.78, 5) is 35.7. The standard InChI is InChI=1S/C19H13Cl2N3O4S/c20-14-6-3-11(8-15(14)21)22-16(25)9-28-12-4-1-10(2-5-12)7-13-17(26)23-19(29)24-18(13)27/h1-8H,9H2,(H,22,25)(H2,23,24,26,27,29). The molecule has 1 aliphatic rings. The number of halogens is 2. The lowest BCUT2D eigenvalue weighted by Crippen LogP contribution is -2.51. The van der Waals surface area contributed by atoms with Crippen LogP contribution < -0.4 is 20.7 Å². The van der Waals surface area contributed by atoms with Crippen molar-refractivity contribution in [3.63, 3.8) is 0 Å². The number of nitrogens with one attached hydrogen (secondary N) is 3. The monoisotopic (exact) mass is 449 g/mol. The Labute approximate surface area is 181 Å². The van der Waals surface area contributed by atoms with Gasteiger partial charge in [0.15, 0.2) is 11.7 Å². The van der Waals surface area contributed by atoms with Crippen LogP contribution in [0, 0.1) is 0 Å². The number of thiocarbonyl (C=S) groups is 1. The fourth-order valence-electron chi connectivity index (χ4n) is 2.35. The third-order valence-corrected chi connectivity index (χ3v) is 4.65. The maximum absolute atomic E-state index is 12.0. The molecule has 3 amide bonds. The molecule has 0 radical (unpaired) electrons. The van der Waals surface area contributed by atoms with Crippen LogP contribution in [0.2, 0.25) is 10.0 Å². The number of hydrogen-bond donors (Lipinski definition) is 3. The van der Waals surface area contributed by atoms with Crippen molar-refractivity contribution in [2.24, 2.45) is 0 Å². The van der Waals surface area contributed by atoms with E-state index in [0.717, 1.165) is 0 Å². The van der Waals surface area contributed by atoms with E-state index in [0.29, 0.717) is 27.0 Å². The van der Waals surface area contributed by atoms with E-state index in [1.807, 2.05) is 0 Å². The number of ether oxygens (including phenoxy) is 1. The van der Waals surface area contributed by atoms with Crippen molar-refractivity contribution in [1.82, 2.24) is 10.6 Å². The maximum Gasteiger partial charge on any atom is 0.263 e. The van der Waals surface area contributed by atoms with E-state index < -0.39 is 11.8 Å². The summed E-state index contributed by atoms with van der Waals surface area (Å²) >= 11 is 16.5. The van der Waals surface area contributed by atoms with Gasteiger partial charge < -0.3 is 10.1 Å². The van der Waals surface area contributed by atoms with Gasteiger partial charge in [0, 0.05) is 5.69 Å². The third kappa shape index (κ3) is 5.54. The van der Waals surface area contributed by atoms with Gasteiger partial charge in [-0.15, -0.1) is 0 Å². The summed E-state index contributed by atoms with van der Waals surface area (Å²) in [5, 5.41) is 8.05. The predicted octanol–water partition coefficient (Wildman–Crippen LogP) is 2.93. The highest BCUT2D eigenvalue weighted by Gasteiger charge is 2.25. The van der Waals surface area contributed by atoms with Crippen molar-refractivity contribution in [3.8, 4) is 5.75 Å². The van der Waals surface area contributed by atoms with Gasteiger partial charge in [0.05, 0.1) is 10.0 Å². The zero-order valence-electron chi connectivity index (χ0n) is 14.6. The van der Waals surface area contributed by atoms with Crippen LogP contribution in [0.15, 0.2) is 48.0 Å². The van der Waals surface area contributed by atoms with Crippen LogP contribution in [-0.4, -0.2) is 29.4 Å². The predicted molar refractivity (Wildman–Crippen MR) is 114 cm³/mol. The first-order chi connectivity index (χ1) is 13.8. The average Bonchev–Trinajstić information content (AvgIpc) is 2.67. The molecule has 3 rings (SSSR count). The first-order valence-electron chi connectivity index (χ1n) is 8.18. The molecular formula is C19H13Cl2N3O4S. The van der Waals surface area contributed by atoms with Gasteiger partial charge in [-0.3, -0.25) is 25.0 Å². The second kappa shape index (κ2) is 9.04. The van der Waals surface area contributed by atoms with Gasteiger partial charge in [0.25, 0.3) is 17.7 Å². The van der Waals surface area contributed by atoms with Crippen LogP contribution in [-0.2, 0) is 14.4 Å². The molecule has 1 heterocycles. The highest BCUT2D eigenvalue weighted by molar-refractivity contribution is 7.80. The molecule has 1 aliphatic heterocycles. The second-order valence-electron chi connectivity index (χ2n) is 5.83. The zero-order chi connectivity index (χ0) is 21.0. The topological polar surface area (TPSA) is 96.5 Å². The van der Waals surface area contributed by atoms with Gasteiger partial charge in [0.2, 0.25) is 0 Å². The van der Waals surface area contributed by atoms with Gasteiger partial charge in [-0.2, -0.15) is 0 Å². The van der Waals surface area contributed by atoms with Gasteiger partial charge >= 0.3 is 0 Å². The summed E-state index contributed by atoms with van der Waals surface area (Å²) in [6.07, 6.45) is 1.42. The first kappa shape index (κ1) is 20.8. The molecule has 29 heavy (non-hydrogen) atoms. The molecule has 148 valence electrons. The van der Waals surface area contributed by atoms with Crippen molar-refractivity contribution >= 4 is 70.0 Å². The summed E-state index contributed by atoms with van der Waals surface area (Å²) < 4.78 is 5.43. The number of carbonyl (C=O) groups excluding carboxylic acids is 3. The molecule has 0 spiro atoms. The van der Waals surface area contributed by atoms with Crippen LogP contribution in [0.5, 0.6) is 5.75 Å². The van der Waals surface area contributed by atoms with Crippen molar-refractivity contribution in [2.45, 2.75) is 0 Å². The zero-order valence-corrected chi connectivity index (χ0v) is 17.0. The summed E-state index contributed by atoms with van der Waals surface area (Å²) in [6, 6.07) is 11.3. The number of rotatable bonds is 5. The molecule has 0 saturated carbocycles. The number of carbonyl (C=O) groups is 3. The van der Waals surface area contributed by atoms with E-state index >= 15 is 0 Å². The Morgan fingerprint density at radius 1 is 1.03 bits per heavy atom. The Kier molecular flexibility index (Phi) is 6.48. The second-order valence-corrected chi connectivity index (χ2v) is 7.05. The van der Waals surface area contributed by atoms with E-state index in [-0.39, 0.29) is 23.2 Å². The van der Waals surface area contributed by atoms with Crippen molar-refractivity contribution in [3.05, 3.63) is 63.6 Å². The minimum Gasteiger partial charge on any atom is -0.484 e. The minimum atomic E-state index is -0.571. The fourth-order valence-corrected chi connectivity index (χ4v) is 2.84. The van der Waals surface area contributed by atoms with Crippen molar-refractivity contribution in [1.29, 1.82) is 0 Å². The van der Waals surface area contributed by atoms with Crippen LogP contribution in [0.1, 0.15) is 5.56 Å². The van der Waals surface area contributed by atoms with E-state index in [1.165, 1.54) is 12.1 Å². The minimum absolute atomic E-state index is 0.0277. The van der Waals surface area contributed by atoms with Crippen LogP contribution in [0.3, 0.4) is 0 Å². The van der Waals surface area contributed by atoms with Crippen LogP contribution in [0.4, 0.5) is 5.69 Å². The molecule has 1 saturated heterocycles. The molecule has 2 aromatic rings. The third-order valence-electron chi connectivity index (χ3n) is 3.71. The average molecular weight is 450 g/mol. The van der Waals surface area contributed by atoms with E-state index in [9.17, 15) is 14.4 Å². The van der Waals surface area contributed by atoms with Crippen molar-refractivity contribution in [2.75, 3.05) is 11.9 Å². The molecule has 7 nitrogen and oxygen atoms in total. The van der Waals surface area contributed by atoms with Gasteiger partial charge in [-0.05, 0) is 54.2 Å². The maximum atomic E-state index is 12.0. The molecule has 2 aromatic carbocycles. The van der Waals surface area contributed by atoms with Crippen LogP contribution in [0.25, 0.3) is 6.08 Å². The highest BCUT2D eigenvalue weighted by atomic mass is 35.5. The van der Waals surface area contributed by atoms with E-state index in [2.05, 4.69) is 16.0 Å². The van der Waals surface area contributed by atoms with E-state index in [1.54, 1.807) is 36.4 Å². The Hall–Kier alpha value is -2.94. The molecule has 3 N–H and O–H groups in total. The Morgan fingerprint density at radius 2 is 1.69 bits per heavy atom.